The van der Waals surface area contributed by atoms with Crippen LogP contribution in [0.2, 0.25) is 5.02 Å². The van der Waals surface area contributed by atoms with Gasteiger partial charge in [0.2, 0.25) is 0 Å². The first-order chi connectivity index (χ1) is 9.13. The highest BCUT2D eigenvalue weighted by Gasteiger charge is 2.20. The molecule has 2 rings (SSSR count). The minimum absolute atomic E-state index is 0.0568. The summed E-state index contributed by atoms with van der Waals surface area (Å²) in [6.45, 7) is 2.99. The van der Waals surface area contributed by atoms with Gasteiger partial charge >= 0.3 is 0 Å². The van der Waals surface area contributed by atoms with Crippen molar-refractivity contribution < 1.29 is 0 Å². The molecule has 1 atom stereocenters. The number of nitrogens with zero attached hydrogens (tertiary/aromatic N) is 3. The summed E-state index contributed by atoms with van der Waals surface area (Å²) >= 11 is 6.03. The van der Waals surface area contributed by atoms with Crippen LogP contribution in [0.25, 0.3) is 0 Å². The molecule has 0 aliphatic heterocycles. The van der Waals surface area contributed by atoms with Gasteiger partial charge in [-0.15, -0.1) is 0 Å². The third kappa shape index (κ3) is 3.05. The van der Waals surface area contributed by atoms with Crippen LogP contribution >= 0.6 is 11.6 Å². The number of imidazole rings is 1. The average molecular weight is 280 g/mol. The molecule has 6 heteroatoms. The Kier molecular flexibility index (Phi) is 4.39. The molecule has 102 valence electrons. The minimum atomic E-state index is -0.0568. The molecule has 3 N–H and O–H groups in total. The molecule has 0 aliphatic carbocycles. The Morgan fingerprint density at radius 2 is 2.26 bits per heavy atom. The number of anilines is 1. The predicted molar refractivity (Wildman–Crippen MR) is 77.0 cm³/mol. The largest absolute Gasteiger partial charge is 0.383 e. The van der Waals surface area contributed by atoms with E-state index in [0.717, 1.165) is 24.2 Å². The number of aromatic nitrogens is 3. The molecule has 0 aromatic carbocycles. The van der Waals surface area contributed by atoms with Gasteiger partial charge in [0.05, 0.1) is 29.3 Å². The number of aryl methyl sites for hydroxylation is 1. The second kappa shape index (κ2) is 6.04. The average Bonchev–Trinajstić information content (AvgIpc) is 2.80. The second-order valence-electron chi connectivity index (χ2n) is 4.44. The Morgan fingerprint density at radius 1 is 1.47 bits per heavy atom. The van der Waals surface area contributed by atoms with E-state index < -0.39 is 0 Å². The van der Waals surface area contributed by atoms with Gasteiger partial charge < -0.3 is 15.6 Å². The lowest BCUT2D eigenvalue weighted by atomic mass is 10.0. The summed E-state index contributed by atoms with van der Waals surface area (Å²) in [6, 6.07) is 1.79. The van der Waals surface area contributed by atoms with E-state index in [2.05, 4.69) is 22.2 Å². The van der Waals surface area contributed by atoms with Crippen LogP contribution in [0.15, 0.2) is 24.8 Å². The number of hydrogen-bond donors (Lipinski definition) is 2. The van der Waals surface area contributed by atoms with Crippen molar-refractivity contribution in [3.8, 4) is 0 Å². The van der Waals surface area contributed by atoms with Gasteiger partial charge in [-0.1, -0.05) is 18.5 Å². The normalized spacial score (nSPS) is 12.6. The third-order valence-corrected chi connectivity index (χ3v) is 3.18. The summed E-state index contributed by atoms with van der Waals surface area (Å²) in [5.41, 5.74) is 7.89. The molecule has 19 heavy (non-hydrogen) atoms. The molecule has 0 fully saturated rings. The highest BCUT2D eigenvalue weighted by molar-refractivity contribution is 6.30. The molecule has 1 unspecified atom stereocenters. The smallest absolute Gasteiger partial charge is 0.128 e. The Labute approximate surface area is 117 Å². The van der Waals surface area contributed by atoms with E-state index in [9.17, 15) is 0 Å². The van der Waals surface area contributed by atoms with Crippen molar-refractivity contribution in [2.45, 2.75) is 19.4 Å². The summed E-state index contributed by atoms with van der Waals surface area (Å²) in [5.74, 6) is 0.485. The molecule has 0 radical (unpaired) electrons. The predicted octanol–water partition coefficient (Wildman–Crippen LogP) is 2.14. The number of nitrogen functional groups attached to an aromatic ring is 1. The zero-order valence-electron chi connectivity index (χ0n) is 11.1. The molecule has 5 nitrogen and oxygen atoms in total. The Balaban J connectivity index is 2.42. The number of pyridine rings is 1. The summed E-state index contributed by atoms with van der Waals surface area (Å²) in [7, 11) is 1.96. The van der Waals surface area contributed by atoms with Crippen LogP contribution in [-0.4, -0.2) is 21.1 Å². The van der Waals surface area contributed by atoms with Gasteiger partial charge in [0.1, 0.15) is 5.82 Å². The topological polar surface area (TPSA) is 68.8 Å². The van der Waals surface area contributed by atoms with Crippen molar-refractivity contribution in [1.82, 2.24) is 19.9 Å². The number of nitrogens with one attached hydrogen (secondary N) is 1. The maximum absolute atomic E-state index is 6.03. The molecule has 0 saturated carbocycles. The second-order valence-corrected chi connectivity index (χ2v) is 4.88. The molecule has 2 aromatic rings. The van der Waals surface area contributed by atoms with Gasteiger partial charge in [-0.2, -0.15) is 0 Å². The zero-order valence-corrected chi connectivity index (χ0v) is 11.9. The molecular formula is C13H18ClN5. The van der Waals surface area contributed by atoms with Crippen molar-refractivity contribution >= 4 is 17.4 Å². The van der Waals surface area contributed by atoms with E-state index in [1.165, 1.54) is 0 Å². The molecule has 0 spiro atoms. The number of hydrogen-bond acceptors (Lipinski definition) is 4. The summed E-state index contributed by atoms with van der Waals surface area (Å²) in [4.78, 5) is 8.28. The number of rotatable bonds is 5. The van der Waals surface area contributed by atoms with E-state index in [-0.39, 0.29) is 6.04 Å². The first-order valence-electron chi connectivity index (χ1n) is 6.24. The summed E-state index contributed by atoms with van der Waals surface area (Å²) in [5, 5.41) is 4.04. The molecule has 0 aliphatic rings. The molecular weight excluding hydrogens is 262 g/mol. The molecule has 0 amide bonds. The van der Waals surface area contributed by atoms with E-state index in [0.29, 0.717) is 10.8 Å². The van der Waals surface area contributed by atoms with Crippen LogP contribution in [0, 0.1) is 0 Å². The van der Waals surface area contributed by atoms with Crippen molar-refractivity contribution in [3.63, 3.8) is 0 Å². The van der Waals surface area contributed by atoms with Gasteiger partial charge in [0.15, 0.2) is 0 Å². The summed E-state index contributed by atoms with van der Waals surface area (Å²) < 4.78 is 1.97. The number of halogens is 1. The lowest BCUT2D eigenvalue weighted by Crippen LogP contribution is -2.26. The van der Waals surface area contributed by atoms with Gasteiger partial charge in [0.25, 0.3) is 0 Å². The van der Waals surface area contributed by atoms with Gasteiger partial charge in [-0.05, 0) is 19.0 Å². The number of nitrogens with two attached hydrogens (primary N) is 1. The van der Waals surface area contributed by atoms with Crippen molar-refractivity contribution in [3.05, 3.63) is 41.1 Å². The lowest BCUT2D eigenvalue weighted by Gasteiger charge is -2.20. The third-order valence-electron chi connectivity index (χ3n) is 2.98. The zero-order chi connectivity index (χ0) is 13.8. The van der Waals surface area contributed by atoms with E-state index in [4.69, 9.17) is 17.3 Å². The van der Waals surface area contributed by atoms with Crippen LogP contribution in [-0.2, 0) is 7.05 Å². The van der Waals surface area contributed by atoms with E-state index in [1.54, 1.807) is 12.5 Å². The maximum atomic E-state index is 6.03. The SMILES string of the molecule is CCCNC(c1cc(Cl)cnc1N)c1cncn1C. The van der Waals surface area contributed by atoms with Crippen molar-refractivity contribution in [2.75, 3.05) is 12.3 Å². The fourth-order valence-electron chi connectivity index (χ4n) is 2.00. The lowest BCUT2D eigenvalue weighted by molar-refractivity contribution is 0.569. The molecule has 0 bridgehead atoms. The quantitative estimate of drug-likeness (QED) is 0.880. The molecule has 2 aromatic heterocycles. The van der Waals surface area contributed by atoms with Gasteiger partial charge in [-0.3, -0.25) is 0 Å². The van der Waals surface area contributed by atoms with Crippen LogP contribution in [0.5, 0.6) is 0 Å². The highest BCUT2D eigenvalue weighted by Crippen LogP contribution is 2.27. The Bertz CT molecular complexity index is 552. The van der Waals surface area contributed by atoms with E-state index in [1.807, 2.05) is 23.9 Å². The highest BCUT2D eigenvalue weighted by atomic mass is 35.5. The Hall–Kier alpha value is -1.59. The van der Waals surface area contributed by atoms with Crippen molar-refractivity contribution in [2.24, 2.45) is 7.05 Å². The first kappa shape index (κ1) is 13.8. The van der Waals surface area contributed by atoms with E-state index >= 15 is 0 Å². The molecule has 0 saturated heterocycles. The maximum Gasteiger partial charge on any atom is 0.128 e. The van der Waals surface area contributed by atoms with Crippen molar-refractivity contribution in [1.29, 1.82) is 0 Å². The fraction of sp³-hybridized carbons (Fsp3) is 0.385. The van der Waals surface area contributed by atoms with Crippen LogP contribution in [0.4, 0.5) is 5.82 Å². The minimum Gasteiger partial charge on any atom is -0.383 e. The first-order valence-corrected chi connectivity index (χ1v) is 6.61. The molecule has 2 heterocycles. The monoisotopic (exact) mass is 279 g/mol. The fourth-order valence-corrected chi connectivity index (χ4v) is 2.17. The van der Waals surface area contributed by atoms with Crippen LogP contribution in [0.3, 0.4) is 0 Å². The standard InChI is InChI=1S/C13H18ClN5/c1-3-4-17-12(11-7-16-8-19(11)2)10-5-9(14)6-18-13(10)15/h5-8,12,17H,3-4H2,1-2H3,(H2,15,18). The van der Waals surface area contributed by atoms with Gasteiger partial charge in [-0.25, -0.2) is 9.97 Å². The summed E-state index contributed by atoms with van der Waals surface area (Å²) in [6.07, 6.45) is 6.18. The van der Waals surface area contributed by atoms with Crippen LogP contribution < -0.4 is 11.1 Å². The Morgan fingerprint density at radius 3 is 2.89 bits per heavy atom. The van der Waals surface area contributed by atoms with Crippen LogP contribution in [0.1, 0.15) is 30.6 Å². The van der Waals surface area contributed by atoms with Gasteiger partial charge in [0, 0.05) is 18.8 Å².